The van der Waals surface area contributed by atoms with Gasteiger partial charge >= 0.3 is 0 Å². The minimum atomic E-state index is 0.462. The third kappa shape index (κ3) is 3.63. The zero-order chi connectivity index (χ0) is 17.2. The molecule has 6 heteroatoms. The summed E-state index contributed by atoms with van der Waals surface area (Å²) in [5.74, 6) is 0.933. The van der Waals surface area contributed by atoms with Gasteiger partial charge in [-0.2, -0.15) is 0 Å². The molecular weight excluding hydrogens is 329 g/mol. The number of fused-ring (bicyclic) bond motifs is 1. The van der Waals surface area contributed by atoms with E-state index in [4.69, 9.17) is 10.7 Å². The molecule has 0 radical (unpaired) electrons. The number of rotatable bonds is 4. The number of imidazole rings is 1. The first-order valence-electron chi connectivity index (χ1n) is 8.76. The molecule has 3 aromatic rings. The summed E-state index contributed by atoms with van der Waals surface area (Å²) in [7, 11) is 2.73. The number of piperidine rings is 1. The summed E-state index contributed by atoms with van der Waals surface area (Å²) in [4.78, 5) is 4.83. The van der Waals surface area contributed by atoms with Crippen LogP contribution in [0.25, 0.3) is 11.0 Å². The summed E-state index contributed by atoms with van der Waals surface area (Å²) in [5.41, 5.74) is 10.0. The minimum absolute atomic E-state index is 0.462. The lowest BCUT2D eigenvalue weighted by Gasteiger charge is -2.24. The number of anilines is 2. The van der Waals surface area contributed by atoms with E-state index < -0.39 is 0 Å². The number of nitrogens with one attached hydrogen (secondary N) is 2. The van der Waals surface area contributed by atoms with Crippen LogP contribution in [-0.2, 0) is 6.54 Å². The molecule has 2 heterocycles. The second kappa shape index (κ2) is 7.03. The van der Waals surface area contributed by atoms with Crippen LogP contribution in [0.2, 0.25) is 0 Å². The first kappa shape index (κ1) is 16.4. The molecule has 130 valence electrons. The van der Waals surface area contributed by atoms with Crippen LogP contribution in [0.3, 0.4) is 0 Å². The first-order valence-corrected chi connectivity index (χ1v) is 9.34. The Labute approximate surface area is 150 Å². The van der Waals surface area contributed by atoms with Gasteiger partial charge in [-0.1, -0.05) is 24.3 Å². The maximum absolute atomic E-state index is 5.96. The lowest BCUT2D eigenvalue weighted by atomic mass is 10.1. The number of hydrogen-bond donors (Lipinski definition) is 3. The zero-order valence-electron chi connectivity index (χ0n) is 14.2. The Morgan fingerprint density at radius 3 is 2.68 bits per heavy atom. The van der Waals surface area contributed by atoms with Gasteiger partial charge in [-0.25, -0.2) is 4.98 Å². The molecule has 2 aromatic carbocycles. The lowest BCUT2D eigenvalue weighted by Crippen LogP contribution is -2.36. The Morgan fingerprint density at radius 2 is 1.92 bits per heavy atom. The number of nitrogens with two attached hydrogens (primary N) is 1. The van der Waals surface area contributed by atoms with Crippen LogP contribution in [0.5, 0.6) is 0 Å². The smallest absolute Gasteiger partial charge is 0.204 e. The van der Waals surface area contributed by atoms with Crippen LogP contribution in [0.15, 0.2) is 42.5 Å². The van der Waals surface area contributed by atoms with Gasteiger partial charge in [-0.05, 0) is 55.0 Å². The van der Waals surface area contributed by atoms with Crippen molar-refractivity contribution in [2.45, 2.75) is 25.4 Å². The molecular formula is C19H24N5P. The molecule has 25 heavy (non-hydrogen) atoms. The minimum Gasteiger partial charge on any atom is -0.399 e. The predicted octanol–water partition coefficient (Wildman–Crippen LogP) is 2.33. The van der Waals surface area contributed by atoms with Crippen LogP contribution in [0, 0.1) is 0 Å². The second-order valence-corrected chi connectivity index (χ2v) is 7.35. The molecule has 0 amide bonds. The average Bonchev–Trinajstić information content (AvgIpc) is 2.94. The van der Waals surface area contributed by atoms with Gasteiger partial charge in [0, 0.05) is 11.7 Å². The number of benzene rings is 2. The van der Waals surface area contributed by atoms with Crippen molar-refractivity contribution >= 4 is 37.2 Å². The number of nitrogens with zero attached hydrogens (tertiary/aromatic N) is 2. The summed E-state index contributed by atoms with van der Waals surface area (Å²) >= 11 is 0. The molecule has 0 saturated carbocycles. The Bertz CT molecular complexity index is 865. The van der Waals surface area contributed by atoms with E-state index in [0.29, 0.717) is 6.04 Å². The van der Waals surface area contributed by atoms with E-state index in [1.165, 1.54) is 10.9 Å². The normalized spacial score (nSPS) is 15.6. The number of nitrogen functional groups attached to an aromatic ring is 1. The summed E-state index contributed by atoms with van der Waals surface area (Å²) < 4.78 is 2.26. The highest BCUT2D eigenvalue weighted by Crippen LogP contribution is 2.24. The van der Waals surface area contributed by atoms with Gasteiger partial charge in [0.15, 0.2) is 0 Å². The molecule has 4 N–H and O–H groups in total. The van der Waals surface area contributed by atoms with Gasteiger partial charge in [0.1, 0.15) is 0 Å². The molecule has 5 nitrogen and oxygen atoms in total. The van der Waals surface area contributed by atoms with E-state index in [0.717, 1.165) is 55.1 Å². The van der Waals surface area contributed by atoms with Gasteiger partial charge in [-0.3, -0.25) is 0 Å². The van der Waals surface area contributed by atoms with Crippen molar-refractivity contribution in [3.8, 4) is 0 Å². The van der Waals surface area contributed by atoms with E-state index in [9.17, 15) is 0 Å². The maximum Gasteiger partial charge on any atom is 0.204 e. The quantitative estimate of drug-likeness (QED) is 0.497. The van der Waals surface area contributed by atoms with Crippen LogP contribution in [0.1, 0.15) is 18.4 Å². The summed E-state index contributed by atoms with van der Waals surface area (Å²) in [5, 5.41) is 8.26. The standard InChI is InChI=1S/C19H24N5P/c20-14-3-6-18-17(11-14)23-19(22-15-7-9-21-10-8-15)24(18)12-13-1-4-16(25)5-2-13/h1-6,11,15,21H,7-10,12,20,25H2,(H,22,23). The topological polar surface area (TPSA) is 67.9 Å². The van der Waals surface area contributed by atoms with Crippen molar-refractivity contribution in [2.24, 2.45) is 0 Å². The van der Waals surface area contributed by atoms with Gasteiger partial charge in [0.2, 0.25) is 5.95 Å². The van der Waals surface area contributed by atoms with E-state index in [2.05, 4.69) is 54.8 Å². The third-order valence-corrected chi connectivity index (χ3v) is 5.15. The highest BCUT2D eigenvalue weighted by atomic mass is 31.0. The Morgan fingerprint density at radius 1 is 1.16 bits per heavy atom. The fourth-order valence-corrected chi connectivity index (χ4v) is 3.56. The van der Waals surface area contributed by atoms with Gasteiger partial charge in [0.25, 0.3) is 0 Å². The van der Waals surface area contributed by atoms with Crippen molar-refractivity contribution in [1.82, 2.24) is 14.9 Å². The van der Waals surface area contributed by atoms with Crippen molar-refractivity contribution in [1.29, 1.82) is 0 Å². The highest BCUT2D eigenvalue weighted by molar-refractivity contribution is 7.27. The van der Waals surface area contributed by atoms with Gasteiger partial charge < -0.3 is 20.9 Å². The summed E-state index contributed by atoms with van der Waals surface area (Å²) in [6.45, 7) is 2.90. The SMILES string of the molecule is Nc1ccc2c(c1)nc(NC1CCNCC1)n2Cc1ccc(P)cc1. The maximum atomic E-state index is 5.96. The van der Waals surface area contributed by atoms with Crippen LogP contribution < -0.4 is 21.7 Å². The fourth-order valence-electron chi connectivity index (χ4n) is 3.37. The number of hydrogen-bond acceptors (Lipinski definition) is 4. The largest absolute Gasteiger partial charge is 0.399 e. The van der Waals surface area contributed by atoms with E-state index in [1.807, 2.05) is 12.1 Å². The van der Waals surface area contributed by atoms with Crippen molar-refractivity contribution < 1.29 is 0 Å². The highest BCUT2D eigenvalue weighted by Gasteiger charge is 2.17. The molecule has 1 saturated heterocycles. The Balaban J connectivity index is 1.70. The molecule has 1 aliphatic heterocycles. The second-order valence-electron chi connectivity index (χ2n) is 6.68. The first-order chi connectivity index (χ1) is 12.2. The summed E-state index contributed by atoms with van der Waals surface area (Å²) in [6.07, 6.45) is 2.24. The van der Waals surface area contributed by atoms with E-state index in [-0.39, 0.29) is 0 Å². The van der Waals surface area contributed by atoms with E-state index in [1.54, 1.807) is 0 Å². The fraction of sp³-hybridized carbons (Fsp3) is 0.316. The Hall–Kier alpha value is -2.10. The predicted molar refractivity (Wildman–Crippen MR) is 109 cm³/mol. The molecule has 1 aromatic heterocycles. The van der Waals surface area contributed by atoms with Gasteiger partial charge in [-0.15, -0.1) is 9.24 Å². The lowest BCUT2D eigenvalue weighted by molar-refractivity contribution is 0.476. The zero-order valence-corrected chi connectivity index (χ0v) is 15.4. The third-order valence-electron chi connectivity index (χ3n) is 4.77. The van der Waals surface area contributed by atoms with Gasteiger partial charge in [0.05, 0.1) is 17.6 Å². The molecule has 1 fully saturated rings. The monoisotopic (exact) mass is 353 g/mol. The van der Waals surface area contributed by atoms with Crippen LogP contribution >= 0.6 is 9.24 Å². The van der Waals surface area contributed by atoms with Crippen LogP contribution in [-0.4, -0.2) is 28.7 Å². The molecule has 0 spiro atoms. The Kier molecular flexibility index (Phi) is 4.60. The van der Waals surface area contributed by atoms with E-state index >= 15 is 0 Å². The molecule has 1 atom stereocenters. The van der Waals surface area contributed by atoms with Crippen molar-refractivity contribution in [3.05, 3.63) is 48.0 Å². The molecule has 0 bridgehead atoms. The summed E-state index contributed by atoms with van der Waals surface area (Å²) in [6, 6.07) is 15.0. The van der Waals surface area contributed by atoms with Crippen LogP contribution in [0.4, 0.5) is 11.6 Å². The van der Waals surface area contributed by atoms with Crippen molar-refractivity contribution in [3.63, 3.8) is 0 Å². The number of aromatic nitrogens is 2. The molecule has 1 aliphatic rings. The average molecular weight is 353 g/mol. The van der Waals surface area contributed by atoms with Crippen molar-refractivity contribution in [2.75, 3.05) is 24.1 Å². The molecule has 0 aliphatic carbocycles. The molecule has 1 unspecified atom stereocenters. The molecule has 4 rings (SSSR count).